The van der Waals surface area contributed by atoms with Gasteiger partial charge in [0.25, 0.3) is 0 Å². The minimum Gasteiger partial charge on any atom is -0.444 e. The summed E-state index contributed by atoms with van der Waals surface area (Å²) < 4.78 is 11.3. The fraction of sp³-hybridized carbons (Fsp3) is 0.750. The van der Waals surface area contributed by atoms with Gasteiger partial charge >= 0.3 is 0 Å². The Balaban J connectivity index is 1.81. The second kappa shape index (κ2) is 6.01. The molecule has 1 unspecified atom stereocenters. The van der Waals surface area contributed by atoms with Gasteiger partial charge in [-0.25, -0.2) is 4.98 Å². The third-order valence-corrected chi connectivity index (χ3v) is 2.83. The molecule has 1 aliphatic rings. The van der Waals surface area contributed by atoms with E-state index in [1.54, 1.807) is 0 Å². The van der Waals surface area contributed by atoms with E-state index in [9.17, 15) is 0 Å². The summed E-state index contributed by atoms with van der Waals surface area (Å²) in [5.41, 5.74) is 0. The Morgan fingerprint density at radius 2 is 2.44 bits per heavy atom. The predicted molar refractivity (Wildman–Crippen MR) is 61.2 cm³/mol. The van der Waals surface area contributed by atoms with Crippen molar-refractivity contribution in [3.8, 4) is 0 Å². The SMILES string of the molecule is CCNCc1ncc(CC2CCCCO2)o1. The van der Waals surface area contributed by atoms with Crippen LogP contribution in [0.1, 0.15) is 37.8 Å². The van der Waals surface area contributed by atoms with Crippen molar-refractivity contribution in [3.05, 3.63) is 17.8 Å². The molecule has 0 saturated carbocycles. The summed E-state index contributed by atoms with van der Waals surface area (Å²) in [6.45, 7) is 4.61. The molecule has 2 heterocycles. The molecule has 1 aromatic heterocycles. The number of hydrogen-bond donors (Lipinski definition) is 1. The molecule has 1 N–H and O–H groups in total. The molecule has 0 amide bonds. The van der Waals surface area contributed by atoms with E-state index in [1.807, 2.05) is 6.20 Å². The van der Waals surface area contributed by atoms with Gasteiger partial charge in [-0.1, -0.05) is 6.92 Å². The Hall–Kier alpha value is -0.870. The Kier molecular flexibility index (Phi) is 4.36. The topological polar surface area (TPSA) is 47.3 Å². The minimum atomic E-state index is 0.327. The molecular weight excluding hydrogens is 204 g/mol. The van der Waals surface area contributed by atoms with E-state index in [0.29, 0.717) is 12.6 Å². The molecule has 0 bridgehead atoms. The largest absolute Gasteiger partial charge is 0.444 e. The van der Waals surface area contributed by atoms with Crippen LogP contribution in [0.2, 0.25) is 0 Å². The Bertz CT molecular complexity index is 306. The van der Waals surface area contributed by atoms with Crippen molar-refractivity contribution in [1.82, 2.24) is 10.3 Å². The van der Waals surface area contributed by atoms with Crippen molar-refractivity contribution in [2.75, 3.05) is 13.2 Å². The van der Waals surface area contributed by atoms with Crippen LogP contribution >= 0.6 is 0 Å². The third kappa shape index (κ3) is 3.32. The van der Waals surface area contributed by atoms with E-state index in [2.05, 4.69) is 17.2 Å². The van der Waals surface area contributed by atoms with Gasteiger partial charge in [0, 0.05) is 13.0 Å². The number of rotatable bonds is 5. The average Bonchev–Trinajstić information content (AvgIpc) is 2.75. The van der Waals surface area contributed by atoms with E-state index in [4.69, 9.17) is 9.15 Å². The predicted octanol–water partition coefficient (Wildman–Crippen LogP) is 1.90. The number of hydrogen-bond acceptors (Lipinski definition) is 4. The molecule has 90 valence electrons. The van der Waals surface area contributed by atoms with Gasteiger partial charge in [-0.3, -0.25) is 0 Å². The zero-order valence-electron chi connectivity index (χ0n) is 9.87. The maximum atomic E-state index is 5.67. The molecule has 0 radical (unpaired) electrons. The first-order valence-corrected chi connectivity index (χ1v) is 6.14. The molecule has 1 aromatic rings. The first-order chi connectivity index (χ1) is 7.88. The highest BCUT2D eigenvalue weighted by atomic mass is 16.5. The number of nitrogens with zero attached hydrogens (tertiary/aromatic N) is 1. The summed E-state index contributed by atoms with van der Waals surface area (Å²) in [5.74, 6) is 1.72. The van der Waals surface area contributed by atoms with Gasteiger partial charge in [0.1, 0.15) is 5.76 Å². The third-order valence-electron chi connectivity index (χ3n) is 2.83. The van der Waals surface area contributed by atoms with E-state index >= 15 is 0 Å². The monoisotopic (exact) mass is 224 g/mol. The van der Waals surface area contributed by atoms with Gasteiger partial charge < -0.3 is 14.5 Å². The molecule has 1 saturated heterocycles. The summed E-state index contributed by atoms with van der Waals surface area (Å²) in [5, 5.41) is 3.19. The van der Waals surface area contributed by atoms with Gasteiger partial charge in [-0.05, 0) is 25.8 Å². The van der Waals surface area contributed by atoms with Crippen LogP contribution in [0.25, 0.3) is 0 Å². The molecule has 4 heteroatoms. The summed E-state index contributed by atoms with van der Waals surface area (Å²) >= 11 is 0. The summed E-state index contributed by atoms with van der Waals surface area (Å²) in [6, 6.07) is 0. The zero-order valence-corrected chi connectivity index (χ0v) is 9.87. The lowest BCUT2D eigenvalue weighted by Gasteiger charge is -2.21. The normalized spacial score (nSPS) is 21.2. The lowest BCUT2D eigenvalue weighted by Crippen LogP contribution is -2.21. The second-order valence-electron chi connectivity index (χ2n) is 4.19. The summed E-state index contributed by atoms with van der Waals surface area (Å²) in [6.07, 6.45) is 6.61. The van der Waals surface area contributed by atoms with E-state index in [1.165, 1.54) is 12.8 Å². The van der Waals surface area contributed by atoms with Crippen LogP contribution in [-0.2, 0) is 17.7 Å². The molecule has 1 aliphatic heterocycles. The molecule has 0 aliphatic carbocycles. The number of oxazole rings is 1. The van der Waals surface area contributed by atoms with Crippen LogP contribution in [0.15, 0.2) is 10.6 Å². The molecule has 0 aromatic carbocycles. The molecule has 0 spiro atoms. The van der Waals surface area contributed by atoms with Gasteiger partial charge in [0.05, 0.1) is 18.8 Å². The molecule has 1 fully saturated rings. The number of nitrogens with one attached hydrogen (secondary N) is 1. The fourth-order valence-electron chi connectivity index (χ4n) is 1.95. The van der Waals surface area contributed by atoms with Crippen molar-refractivity contribution in [1.29, 1.82) is 0 Å². The van der Waals surface area contributed by atoms with Crippen molar-refractivity contribution < 1.29 is 9.15 Å². The number of ether oxygens (including phenoxy) is 1. The van der Waals surface area contributed by atoms with Gasteiger partial charge in [-0.15, -0.1) is 0 Å². The standard InChI is InChI=1S/C12H20N2O2/c1-2-13-9-12-14-8-11(16-12)7-10-5-3-4-6-15-10/h8,10,13H,2-7,9H2,1H3. The van der Waals surface area contributed by atoms with Gasteiger partial charge in [0.2, 0.25) is 5.89 Å². The second-order valence-corrected chi connectivity index (χ2v) is 4.19. The molecule has 2 rings (SSSR count). The highest BCUT2D eigenvalue weighted by Crippen LogP contribution is 2.17. The zero-order chi connectivity index (χ0) is 11.2. The maximum absolute atomic E-state index is 5.67. The van der Waals surface area contributed by atoms with Crippen LogP contribution in [-0.4, -0.2) is 24.2 Å². The quantitative estimate of drug-likeness (QED) is 0.829. The van der Waals surface area contributed by atoms with Gasteiger partial charge in [-0.2, -0.15) is 0 Å². The van der Waals surface area contributed by atoms with E-state index < -0.39 is 0 Å². The summed E-state index contributed by atoms with van der Waals surface area (Å²) in [4.78, 5) is 4.23. The molecular formula is C12H20N2O2. The highest BCUT2D eigenvalue weighted by Gasteiger charge is 2.16. The van der Waals surface area contributed by atoms with Crippen molar-refractivity contribution >= 4 is 0 Å². The Labute approximate surface area is 96.4 Å². The first-order valence-electron chi connectivity index (χ1n) is 6.14. The van der Waals surface area contributed by atoms with Crippen LogP contribution in [0.4, 0.5) is 0 Å². The van der Waals surface area contributed by atoms with Crippen LogP contribution < -0.4 is 5.32 Å². The number of aromatic nitrogens is 1. The molecule has 4 nitrogen and oxygen atoms in total. The Morgan fingerprint density at radius 3 is 3.19 bits per heavy atom. The highest BCUT2D eigenvalue weighted by molar-refractivity contribution is 4.96. The van der Waals surface area contributed by atoms with Crippen LogP contribution in [0.5, 0.6) is 0 Å². The minimum absolute atomic E-state index is 0.327. The van der Waals surface area contributed by atoms with Crippen molar-refractivity contribution in [3.63, 3.8) is 0 Å². The summed E-state index contributed by atoms with van der Waals surface area (Å²) in [7, 11) is 0. The smallest absolute Gasteiger partial charge is 0.208 e. The van der Waals surface area contributed by atoms with Crippen LogP contribution in [0.3, 0.4) is 0 Å². The van der Waals surface area contributed by atoms with Gasteiger partial charge in [0.15, 0.2) is 0 Å². The van der Waals surface area contributed by atoms with E-state index in [-0.39, 0.29) is 0 Å². The average molecular weight is 224 g/mol. The molecule has 16 heavy (non-hydrogen) atoms. The fourth-order valence-corrected chi connectivity index (χ4v) is 1.95. The molecule has 1 atom stereocenters. The van der Waals surface area contributed by atoms with Crippen molar-refractivity contribution in [2.24, 2.45) is 0 Å². The Morgan fingerprint density at radius 1 is 1.50 bits per heavy atom. The van der Waals surface area contributed by atoms with Crippen LogP contribution in [0, 0.1) is 0 Å². The van der Waals surface area contributed by atoms with E-state index in [0.717, 1.165) is 37.6 Å². The van der Waals surface area contributed by atoms with Crippen molar-refractivity contribution in [2.45, 2.75) is 45.3 Å². The maximum Gasteiger partial charge on any atom is 0.208 e. The lowest BCUT2D eigenvalue weighted by molar-refractivity contribution is 0.0138. The lowest BCUT2D eigenvalue weighted by atomic mass is 10.1. The first kappa shape index (κ1) is 11.6.